The highest BCUT2D eigenvalue weighted by Gasteiger charge is 2.33. The fourth-order valence-corrected chi connectivity index (χ4v) is 12.7. The van der Waals surface area contributed by atoms with E-state index in [2.05, 4.69) is 197 Å². The summed E-state index contributed by atoms with van der Waals surface area (Å²) in [6.45, 7) is 48.8. The second-order valence-corrected chi connectivity index (χ2v) is 27.7. The lowest BCUT2D eigenvalue weighted by Gasteiger charge is -2.31. The maximum atomic E-state index is 5.17. The van der Waals surface area contributed by atoms with Crippen LogP contribution in [0.2, 0.25) is 0 Å². The number of nitrogens with zero attached hydrogens (tertiary/aromatic N) is 1. The topological polar surface area (TPSA) is 12.5 Å². The predicted molar refractivity (Wildman–Crippen MR) is 316 cm³/mol. The van der Waals surface area contributed by atoms with Crippen molar-refractivity contribution >= 4 is 11.8 Å². The van der Waals surface area contributed by atoms with Crippen LogP contribution in [0.1, 0.15) is 238 Å². The van der Waals surface area contributed by atoms with Gasteiger partial charge in [0.1, 0.15) is 0 Å². The van der Waals surface area contributed by atoms with Crippen LogP contribution in [0.25, 0.3) is 11.1 Å². The lowest BCUT2D eigenvalue weighted by atomic mass is 9.73. The first-order chi connectivity index (χ1) is 33.0. The normalized spacial score (nSPS) is 36.1. The Labute approximate surface area is 443 Å². The van der Waals surface area contributed by atoms with E-state index in [1.54, 1.807) is 0 Å². The molecule has 3 heteroatoms. The van der Waals surface area contributed by atoms with Gasteiger partial charge in [-0.2, -0.15) is 11.8 Å². The Morgan fingerprint density at radius 2 is 0.671 bits per heavy atom. The smallest absolute Gasteiger partial charge is 0.0495 e. The van der Waals surface area contributed by atoms with Gasteiger partial charge in [-0.25, -0.2) is 0 Å². The fourth-order valence-electron chi connectivity index (χ4n) is 11.2. The van der Waals surface area contributed by atoms with Crippen molar-refractivity contribution in [3.8, 4) is 11.1 Å². The zero-order valence-electron chi connectivity index (χ0n) is 50.1. The van der Waals surface area contributed by atoms with E-state index in [4.69, 9.17) is 4.74 Å². The van der Waals surface area contributed by atoms with Crippen LogP contribution in [-0.2, 0) is 4.74 Å². The molecule has 8 aliphatic rings. The summed E-state index contributed by atoms with van der Waals surface area (Å²) in [4.78, 5) is 2.59. The standard InChI is InChI=1S/C16H16.C10H21N.2C8H16.C7H14.C6H12O.C6H12S.C6H12/c1-11-12(2)14-8-4-6-10-16(14)15-9-5-3-7-13(11)15;1-8-6-11(7-9(8)2)10(3,4)5;2*1-7-5-3-4-6-8(7)2;1-6-4-3-5-7(6)2;2*1-5-3-7-4-6(5)2;1-5-3-4-6(5)2/h3-12H,1-2H3;8-9H,6-7H2,1-5H3;2*7-8H,3-6H2,1-2H3;6-7H,3-5H2,1-2H3;2*5-6H,3-4H2,1-2H3;5-6H,3-4H2,1-2H3/t11-,12+;8-,9-;7-,8+;7-,8-;6-,7-;3*5-,6-/m.0.00000/s1. The number of rotatable bonds is 0. The molecule has 7 fully saturated rings. The van der Waals surface area contributed by atoms with Crippen molar-refractivity contribution < 1.29 is 4.74 Å². The summed E-state index contributed by atoms with van der Waals surface area (Å²) in [5, 5.41) is 0. The van der Waals surface area contributed by atoms with Crippen LogP contribution >= 0.6 is 11.8 Å². The summed E-state index contributed by atoms with van der Waals surface area (Å²) >= 11 is 2.09. The summed E-state index contributed by atoms with van der Waals surface area (Å²) in [7, 11) is 0. The Morgan fingerprint density at radius 3 is 0.871 bits per heavy atom. The lowest BCUT2D eigenvalue weighted by Crippen LogP contribution is -2.39. The fraction of sp³-hybridized carbons (Fsp3) is 0.821. The van der Waals surface area contributed by atoms with E-state index in [1.807, 2.05) is 0 Å². The monoisotopic (exact) mass is 986 g/mol. The van der Waals surface area contributed by atoms with Gasteiger partial charge < -0.3 is 4.74 Å². The number of thioether (sulfide) groups is 1. The molecule has 0 radical (unpaired) electrons. The van der Waals surface area contributed by atoms with Gasteiger partial charge in [0, 0.05) is 31.8 Å². The number of benzene rings is 2. The van der Waals surface area contributed by atoms with Gasteiger partial charge >= 0.3 is 0 Å². The zero-order valence-corrected chi connectivity index (χ0v) is 50.9. The van der Waals surface area contributed by atoms with Crippen molar-refractivity contribution in [3.63, 3.8) is 0 Å². The first-order valence-electron chi connectivity index (χ1n) is 30.1. The molecule has 5 aliphatic carbocycles. The highest BCUT2D eigenvalue weighted by Crippen LogP contribution is 2.46. The average Bonchev–Trinajstić information content (AvgIpc) is 4.13. The molecule has 3 heterocycles. The Kier molecular flexibility index (Phi) is 29.0. The number of ether oxygens (including phenoxy) is 1. The predicted octanol–water partition coefficient (Wildman–Crippen LogP) is 20.4. The van der Waals surface area contributed by atoms with Crippen LogP contribution in [-0.4, -0.2) is 48.2 Å². The minimum absolute atomic E-state index is 0.374. The molecule has 404 valence electrons. The molecule has 0 N–H and O–H groups in total. The van der Waals surface area contributed by atoms with Crippen molar-refractivity contribution in [1.82, 2.24) is 4.90 Å². The summed E-state index contributed by atoms with van der Waals surface area (Å²) in [5.41, 5.74) is 6.20. The maximum absolute atomic E-state index is 5.17. The zero-order chi connectivity index (χ0) is 52.1. The molecule has 0 unspecified atom stereocenters. The van der Waals surface area contributed by atoms with Gasteiger partial charge in [-0.1, -0.05) is 243 Å². The summed E-state index contributed by atoms with van der Waals surface area (Å²) in [6.07, 6.45) is 19.2. The number of fused-ring (bicyclic) bond motifs is 3. The van der Waals surface area contributed by atoms with Gasteiger partial charge in [0.15, 0.2) is 0 Å². The molecule has 0 spiro atoms. The first kappa shape index (κ1) is 63.0. The lowest BCUT2D eigenvalue weighted by molar-refractivity contribution is 0.166. The Balaban J connectivity index is 0.000000217. The van der Waals surface area contributed by atoms with Gasteiger partial charge in [0.05, 0.1) is 0 Å². The summed E-state index contributed by atoms with van der Waals surface area (Å²) in [5.74, 6) is 17.4. The van der Waals surface area contributed by atoms with Gasteiger partial charge in [-0.3, -0.25) is 4.90 Å². The molecule has 2 aromatic carbocycles. The van der Waals surface area contributed by atoms with Gasteiger partial charge in [0.2, 0.25) is 0 Å². The highest BCUT2D eigenvalue weighted by atomic mass is 32.2. The third-order valence-electron chi connectivity index (χ3n) is 19.8. The molecule has 0 bridgehead atoms. The number of hydrogen-bond donors (Lipinski definition) is 0. The van der Waals surface area contributed by atoms with E-state index < -0.39 is 0 Å². The number of likely N-dealkylation sites (tertiary alicyclic amines) is 1. The SMILES string of the molecule is C[C@@H]1CCCC[C@@H]1C.C[C@@H]1c2ccccc2-c2ccccc2[C@@H]1C.C[C@H]1CCCC[C@@H]1C.C[C@H]1CCC[C@@H]1C.C[C@H]1CC[C@@H]1C.C[C@H]1CN(C(C)(C)C)C[C@@H]1C.C[C@H]1COC[C@@H]1C.C[C@H]1CSC[C@@H]1C. The van der Waals surface area contributed by atoms with Crippen LogP contribution < -0.4 is 0 Å². The van der Waals surface area contributed by atoms with E-state index in [9.17, 15) is 0 Å². The molecular weight excluding hydrogens is 867 g/mol. The van der Waals surface area contributed by atoms with Gasteiger partial charge in [0.25, 0.3) is 0 Å². The molecule has 4 saturated carbocycles. The molecule has 3 aliphatic heterocycles. The van der Waals surface area contributed by atoms with Crippen molar-refractivity contribution in [2.24, 2.45) is 82.9 Å². The third kappa shape index (κ3) is 21.5. The molecule has 16 atom stereocenters. The van der Waals surface area contributed by atoms with Crippen molar-refractivity contribution in [1.29, 1.82) is 0 Å². The van der Waals surface area contributed by atoms with Gasteiger partial charge in [-0.05, 0) is 149 Å². The molecule has 2 nitrogen and oxygen atoms in total. The largest absolute Gasteiger partial charge is 0.381 e. The van der Waals surface area contributed by atoms with Crippen LogP contribution in [0.5, 0.6) is 0 Å². The average molecular weight is 987 g/mol. The molecule has 3 saturated heterocycles. The van der Waals surface area contributed by atoms with Crippen LogP contribution in [0.3, 0.4) is 0 Å². The van der Waals surface area contributed by atoms with E-state index in [0.29, 0.717) is 17.4 Å². The highest BCUT2D eigenvalue weighted by molar-refractivity contribution is 7.99. The molecule has 70 heavy (non-hydrogen) atoms. The Bertz CT molecular complexity index is 1490. The Hall–Kier alpha value is -1.29. The van der Waals surface area contributed by atoms with E-state index >= 15 is 0 Å². The van der Waals surface area contributed by atoms with Crippen molar-refractivity contribution in [2.45, 2.75) is 232 Å². The second-order valence-electron chi connectivity index (χ2n) is 26.7. The molecular formula is C67H119NOS. The molecule has 0 aromatic heterocycles. The first-order valence-corrected chi connectivity index (χ1v) is 31.3. The van der Waals surface area contributed by atoms with Crippen LogP contribution in [0, 0.1) is 82.9 Å². The quantitative estimate of drug-likeness (QED) is 0.261. The molecule has 0 amide bonds. The van der Waals surface area contributed by atoms with E-state index in [-0.39, 0.29) is 0 Å². The number of hydrogen-bond acceptors (Lipinski definition) is 3. The molecule has 10 rings (SSSR count). The second kappa shape index (κ2) is 32.2. The van der Waals surface area contributed by atoms with Gasteiger partial charge in [-0.15, -0.1) is 0 Å². The summed E-state index contributed by atoms with van der Waals surface area (Å²) in [6, 6.07) is 17.6. The summed E-state index contributed by atoms with van der Waals surface area (Å²) < 4.78 is 5.17. The third-order valence-corrected chi connectivity index (χ3v) is 21.3. The van der Waals surface area contributed by atoms with Crippen molar-refractivity contribution in [3.05, 3.63) is 59.7 Å². The molecule has 2 aromatic rings. The van der Waals surface area contributed by atoms with Crippen LogP contribution in [0.4, 0.5) is 0 Å². The van der Waals surface area contributed by atoms with E-state index in [0.717, 1.165) is 96.1 Å². The Morgan fingerprint density at radius 1 is 0.371 bits per heavy atom. The minimum atomic E-state index is 0.374. The maximum Gasteiger partial charge on any atom is 0.0495 e. The van der Waals surface area contributed by atoms with Crippen LogP contribution in [0.15, 0.2) is 48.5 Å². The minimum Gasteiger partial charge on any atom is -0.381 e. The van der Waals surface area contributed by atoms with Crippen molar-refractivity contribution in [2.75, 3.05) is 37.8 Å². The van der Waals surface area contributed by atoms with E-state index in [1.165, 1.54) is 130 Å².